The molecule has 0 saturated carbocycles. The standard InChI is InChI=1S/C24H26N4O2/c1-18-3-2-4-19(13-18)15-27-24(29)14-23-25-16-21(17-26-23)20-5-7-22(8-6-20)28-9-11-30-12-10-28/h2-8,13,16-17H,9-12,14-15H2,1H3,(H,27,29). The number of nitrogens with zero attached hydrogens (tertiary/aromatic N) is 3. The molecule has 1 aliphatic heterocycles. The molecule has 30 heavy (non-hydrogen) atoms. The molecule has 6 heteroatoms. The maximum atomic E-state index is 12.2. The molecule has 2 aromatic carbocycles. The fourth-order valence-corrected chi connectivity index (χ4v) is 3.51. The lowest BCUT2D eigenvalue weighted by Gasteiger charge is -2.28. The maximum absolute atomic E-state index is 12.2. The minimum Gasteiger partial charge on any atom is -0.378 e. The van der Waals surface area contributed by atoms with E-state index in [9.17, 15) is 4.79 Å². The van der Waals surface area contributed by atoms with Crippen molar-refractivity contribution in [2.24, 2.45) is 0 Å². The topological polar surface area (TPSA) is 67.4 Å². The van der Waals surface area contributed by atoms with E-state index in [-0.39, 0.29) is 12.3 Å². The zero-order valence-electron chi connectivity index (χ0n) is 17.2. The molecule has 1 aliphatic rings. The molecule has 0 radical (unpaired) electrons. The Labute approximate surface area is 176 Å². The van der Waals surface area contributed by atoms with E-state index in [1.165, 1.54) is 11.3 Å². The summed E-state index contributed by atoms with van der Waals surface area (Å²) < 4.78 is 5.41. The fraction of sp³-hybridized carbons (Fsp3) is 0.292. The summed E-state index contributed by atoms with van der Waals surface area (Å²) in [5.74, 6) is 0.435. The Balaban J connectivity index is 1.32. The van der Waals surface area contributed by atoms with Crippen molar-refractivity contribution in [2.75, 3.05) is 31.2 Å². The Hall–Kier alpha value is -3.25. The summed E-state index contributed by atoms with van der Waals surface area (Å²) in [6, 6.07) is 16.5. The predicted octanol–water partition coefficient (Wildman–Crippen LogP) is 3.15. The van der Waals surface area contributed by atoms with Gasteiger partial charge in [-0.3, -0.25) is 4.79 Å². The van der Waals surface area contributed by atoms with Gasteiger partial charge in [-0.25, -0.2) is 9.97 Å². The van der Waals surface area contributed by atoms with Gasteiger partial charge in [-0.15, -0.1) is 0 Å². The second kappa shape index (κ2) is 9.50. The Morgan fingerprint density at radius 1 is 1.03 bits per heavy atom. The van der Waals surface area contributed by atoms with E-state index < -0.39 is 0 Å². The summed E-state index contributed by atoms with van der Waals surface area (Å²) >= 11 is 0. The minimum atomic E-state index is -0.0841. The van der Waals surface area contributed by atoms with Crippen molar-refractivity contribution < 1.29 is 9.53 Å². The zero-order chi connectivity index (χ0) is 20.8. The number of benzene rings is 2. The van der Waals surface area contributed by atoms with Gasteiger partial charge in [-0.2, -0.15) is 0 Å². The molecule has 1 N–H and O–H groups in total. The second-order valence-electron chi connectivity index (χ2n) is 7.48. The molecular weight excluding hydrogens is 376 g/mol. The van der Waals surface area contributed by atoms with Crippen LogP contribution < -0.4 is 10.2 Å². The van der Waals surface area contributed by atoms with Gasteiger partial charge in [0.25, 0.3) is 0 Å². The van der Waals surface area contributed by atoms with E-state index >= 15 is 0 Å². The number of aryl methyl sites for hydroxylation is 1. The lowest BCUT2D eigenvalue weighted by molar-refractivity contribution is -0.120. The van der Waals surface area contributed by atoms with Crippen molar-refractivity contribution in [3.8, 4) is 11.1 Å². The first kappa shape index (κ1) is 20.0. The van der Waals surface area contributed by atoms with Gasteiger partial charge in [-0.1, -0.05) is 42.0 Å². The van der Waals surface area contributed by atoms with Crippen LogP contribution in [0.5, 0.6) is 0 Å². The molecular formula is C24H26N4O2. The highest BCUT2D eigenvalue weighted by Gasteiger charge is 2.11. The van der Waals surface area contributed by atoms with Crippen LogP contribution in [0.2, 0.25) is 0 Å². The van der Waals surface area contributed by atoms with E-state index in [2.05, 4.69) is 50.5 Å². The number of hydrogen-bond donors (Lipinski definition) is 1. The molecule has 0 atom stereocenters. The van der Waals surface area contributed by atoms with E-state index in [1.807, 2.05) is 25.1 Å². The molecule has 2 heterocycles. The molecule has 3 aromatic rings. The fourth-order valence-electron chi connectivity index (χ4n) is 3.51. The third kappa shape index (κ3) is 5.21. The summed E-state index contributed by atoms with van der Waals surface area (Å²) in [5.41, 5.74) is 5.46. The number of ether oxygens (including phenoxy) is 1. The molecule has 0 unspecified atom stereocenters. The molecule has 1 saturated heterocycles. The summed E-state index contributed by atoms with van der Waals surface area (Å²) in [7, 11) is 0. The first-order chi connectivity index (χ1) is 14.7. The number of carbonyl (C=O) groups excluding carboxylic acids is 1. The highest BCUT2D eigenvalue weighted by Crippen LogP contribution is 2.23. The van der Waals surface area contributed by atoms with Gasteiger partial charge in [0.2, 0.25) is 5.91 Å². The van der Waals surface area contributed by atoms with Crippen LogP contribution in [0.15, 0.2) is 60.9 Å². The number of amides is 1. The summed E-state index contributed by atoms with van der Waals surface area (Å²) in [4.78, 5) is 23.3. The average molecular weight is 402 g/mol. The normalized spacial score (nSPS) is 13.8. The van der Waals surface area contributed by atoms with Gasteiger partial charge >= 0.3 is 0 Å². The quantitative estimate of drug-likeness (QED) is 0.686. The van der Waals surface area contributed by atoms with Crippen LogP contribution in [0, 0.1) is 6.92 Å². The third-order valence-corrected chi connectivity index (χ3v) is 5.17. The first-order valence-electron chi connectivity index (χ1n) is 10.2. The van der Waals surface area contributed by atoms with Crippen LogP contribution in [0.1, 0.15) is 17.0 Å². The monoisotopic (exact) mass is 402 g/mol. The van der Waals surface area contributed by atoms with Crippen LogP contribution in [0.3, 0.4) is 0 Å². The molecule has 0 spiro atoms. The van der Waals surface area contributed by atoms with Gasteiger partial charge in [0, 0.05) is 43.3 Å². The molecule has 1 fully saturated rings. The smallest absolute Gasteiger partial charge is 0.227 e. The van der Waals surface area contributed by atoms with Crippen LogP contribution in [-0.4, -0.2) is 42.2 Å². The Bertz CT molecular complexity index is 981. The Morgan fingerprint density at radius 3 is 2.47 bits per heavy atom. The SMILES string of the molecule is Cc1cccc(CNC(=O)Cc2ncc(-c3ccc(N4CCOCC4)cc3)cn2)c1. The number of nitrogens with one attached hydrogen (secondary N) is 1. The van der Waals surface area contributed by atoms with Gasteiger partial charge in [0.1, 0.15) is 5.82 Å². The lowest BCUT2D eigenvalue weighted by Crippen LogP contribution is -2.36. The number of rotatable bonds is 6. The number of hydrogen-bond acceptors (Lipinski definition) is 5. The molecule has 0 aliphatic carbocycles. The number of morpholine rings is 1. The third-order valence-electron chi connectivity index (χ3n) is 5.17. The zero-order valence-corrected chi connectivity index (χ0v) is 17.2. The van der Waals surface area contributed by atoms with Crippen LogP contribution in [-0.2, 0) is 22.5 Å². The Morgan fingerprint density at radius 2 is 1.77 bits per heavy atom. The summed E-state index contributed by atoms with van der Waals surface area (Å²) in [6.07, 6.45) is 3.72. The molecule has 1 aromatic heterocycles. The van der Waals surface area contributed by atoms with Crippen molar-refractivity contribution in [3.05, 3.63) is 77.9 Å². The molecule has 4 rings (SSSR count). The predicted molar refractivity (Wildman–Crippen MR) is 117 cm³/mol. The second-order valence-corrected chi connectivity index (χ2v) is 7.48. The summed E-state index contributed by atoms with van der Waals surface area (Å²) in [6.45, 7) is 5.93. The van der Waals surface area contributed by atoms with E-state index in [0.29, 0.717) is 12.4 Å². The van der Waals surface area contributed by atoms with Crippen molar-refractivity contribution in [2.45, 2.75) is 19.9 Å². The number of aromatic nitrogens is 2. The highest BCUT2D eigenvalue weighted by molar-refractivity contribution is 5.77. The van der Waals surface area contributed by atoms with Crippen LogP contribution in [0.25, 0.3) is 11.1 Å². The largest absolute Gasteiger partial charge is 0.378 e. The van der Waals surface area contributed by atoms with Crippen molar-refractivity contribution in [1.29, 1.82) is 0 Å². The van der Waals surface area contributed by atoms with Gasteiger partial charge in [0.15, 0.2) is 0 Å². The number of anilines is 1. The molecule has 154 valence electrons. The Kier molecular flexibility index (Phi) is 6.35. The maximum Gasteiger partial charge on any atom is 0.227 e. The van der Waals surface area contributed by atoms with Crippen molar-refractivity contribution in [3.63, 3.8) is 0 Å². The number of carbonyl (C=O) groups is 1. The molecule has 6 nitrogen and oxygen atoms in total. The highest BCUT2D eigenvalue weighted by atomic mass is 16.5. The van der Waals surface area contributed by atoms with Crippen molar-refractivity contribution in [1.82, 2.24) is 15.3 Å². The summed E-state index contributed by atoms with van der Waals surface area (Å²) in [5, 5.41) is 2.93. The minimum absolute atomic E-state index is 0.0841. The first-order valence-corrected chi connectivity index (χ1v) is 10.2. The van der Waals surface area contributed by atoms with E-state index in [1.54, 1.807) is 12.4 Å². The van der Waals surface area contributed by atoms with Gasteiger partial charge in [0.05, 0.1) is 19.6 Å². The molecule has 1 amide bonds. The van der Waals surface area contributed by atoms with E-state index in [0.717, 1.165) is 43.0 Å². The average Bonchev–Trinajstić information content (AvgIpc) is 2.79. The van der Waals surface area contributed by atoms with Gasteiger partial charge < -0.3 is 15.0 Å². The van der Waals surface area contributed by atoms with Crippen LogP contribution in [0.4, 0.5) is 5.69 Å². The van der Waals surface area contributed by atoms with E-state index in [4.69, 9.17) is 4.74 Å². The van der Waals surface area contributed by atoms with Crippen LogP contribution >= 0.6 is 0 Å². The lowest BCUT2D eigenvalue weighted by atomic mass is 10.1. The van der Waals surface area contributed by atoms with Crippen molar-refractivity contribution >= 4 is 11.6 Å². The molecule has 0 bridgehead atoms. The van der Waals surface area contributed by atoms with Gasteiger partial charge in [-0.05, 0) is 30.2 Å².